The molecule has 0 heterocycles. The summed E-state index contributed by atoms with van der Waals surface area (Å²) in [6.45, 7) is 14.4. The molecule has 0 N–H and O–H groups in total. The second-order valence-electron chi connectivity index (χ2n) is 8.71. The molecule has 0 radical (unpaired) electrons. The fourth-order valence-electron chi connectivity index (χ4n) is 4.79. The molecule has 26 heavy (non-hydrogen) atoms. The molecular formula is C23H34Cl2Zr. The summed E-state index contributed by atoms with van der Waals surface area (Å²) < 4.78 is 2.27. The van der Waals surface area contributed by atoms with Crippen molar-refractivity contribution in [3.8, 4) is 0 Å². The van der Waals surface area contributed by atoms with Crippen molar-refractivity contribution < 1.29 is 48.0 Å². The Labute approximate surface area is 185 Å². The summed E-state index contributed by atoms with van der Waals surface area (Å²) in [4.78, 5) is 0. The molecule has 0 aromatic rings. The van der Waals surface area contributed by atoms with Crippen molar-refractivity contribution in [2.45, 2.75) is 83.2 Å². The van der Waals surface area contributed by atoms with Gasteiger partial charge in [-0.1, -0.05) is 0 Å². The monoisotopic (exact) mass is 470 g/mol. The van der Waals surface area contributed by atoms with Crippen LogP contribution in [0.15, 0.2) is 43.8 Å². The zero-order chi connectivity index (χ0) is 17.5. The first-order valence-electron chi connectivity index (χ1n) is 9.90. The van der Waals surface area contributed by atoms with E-state index in [9.17, 15) is 0 Å². The average molecular weight is 473 g/mol. The van der Waals surface area contributed by atoms with Gasteiger partial charge in [-0.3, -0.25) is 0 Å². The van der Waals surface area contributed by atoms with Gasteiger partial charge in [0.1, 0.15) is 0 Å². The van der Waals surface area contributed by atoms with Gasteiger partial charge < -0.3 is 24.8 Å². The molecule has 0 bridgehead atoms. The number of hydrogen-bond acceptors (Lipinski definition) is 0. The second kappa shape index (κ2) is 9.28. The van der Waals surface area contributed by atoms with Crippen LogP contribution < -0.4 is 24.8 Å². The molecule has 0 aliphatic heterocycles. The molecule has 1 atom stereocenters. The van der Waals surface area contributed by atoms with Gasteiger partial charge in [0, 0.05) is 0 Å². The van der Waals surface area contributed by atoms with Crippen molar-refractivity contribution in [2.75, 3.05) is 0 Å². The van der Waals surface area contributed by atoms with E-state index in [1.54, 1.807) is 22.3 Å². The molecule has 1 fully saturated rings. The third-order valence-electron chi connectivity index (χ3n) is 7.08. The maximum Gasteiger partial charge on any atom is -1.00 e. The van der Waals surface area contributed by atoms with Crippen molar-refractivity contribution in [3.05, 3.63) is 43.8 Å². The second-order valence-corrected chi connectivity index (χ2v) is 12.8. The molecule has 144 valence electrons. The summed E-state index contributed by atoms with van der Waals surface area (Å²) in [5, 5.41) is 0. The van der Waals surface area contributed by atoms with Gasteiger partial charge in [-0.15, -0.1) is 0 Å². The van der Waals surface area contributed by atoms with E-state index < -0.39 is 23.2 Å². The van der Waals surface area contributed by atoms with E-state index >= 15 is 0 Å². The number of rotatable bonds is 4. The van der Waals surface area contributed by atoms with E-state index in [0.29, 0.717) is 8.54 Å². The van der Waals surface area contributed by atoms with Crippen LogP contribution in [0.4, 0.5) is 0 Å². The molecule has 0 spiro atoms. The van der Waals surface area contributed by atoms with Crippen LogP contribution in [0, 0.1) is 11.3 Å². The van der Waals surface area contributed by atoms with Gasteiger partial charge in [-0.2, -0.15) is 0 Å². The molecule has 0 nitrogen and oxygen atoms in total. The quantitative estimate of drug-likeness (QED) is 0.580. The van der Waals surface area contributed by atoms with Gasteiger partial charge in [0.05, 0.1) is 0 Å². The molecule has 0 aromatic heterocycles. The Morgan fingerprint density at radius 1 is 1.00 bits per heavy atom. The first kappa shape index (κ1) is 24.5. The topological polar surface area (TPSA) is 0 Å². The Balaban J connectivity index is 0.00000169. The van der Waals surface area contributed by atoms with Crippen LogP contribution in [0.5, 0.6) is 0 Å². The summed E-state index contributed by atoms with van der Waals surface area (Å²) >= 11 is -0.697. The predicted octanol–water partition coefficient (Wildman–Crippen LogP) is 1.37. The molecule has 1 saturated carbocycles. The Hall–Kier alpha value is 0.423. The largest absolute Gasteiger partial charge is 1.00 e. The fourth-order valence-corrected chi connectivity index (χ4v) is 9.52. The Kier molecular flexibility index (Phi) is 8.73. The van der Waals surface area contributed by atoms with Crippen LogP contribution in [0.1, 0.15) is 80.1 Å². The summed E-state index contributed by atoms with van der Waals surface area (Å²) in [7, 11) is 0. The summed E-state index contributed by atoms with van der Waals surface area (Å²) in [6, 6.07) is 0. The normalized spacial score (nSPS) is 27.8. The van der Waals surface area contributed by atoms with Gasteiger partial charge in [0.2, 0.25) is 0 Å². The minimum absolute atomic E-state index is 0. The Morgan fingerprint density at radius 2 is 1.62 bits per heavy atom. The van der Waals surface area contributed by atoms with Crippen LogP contribution in [0.3, 0.4) is 0 Å². The van der Waals surface area contributed by atoms with E-state index in [2.05, 4.69) is 59.8 Å². The summed E-state index contributed by atoms with van der Waals surface area (Å²) in [6.07, 6.45) is 16.3. The van der Waals surface area contributed by atoms with Gasteiger partial charge in [-0.25, -0.2) is 0 Å². The number of allylic oxidation sites excluding steroid dienone is 8. The van der Waals surface area contributed by atoms with Crippen molar-refractivity contribution in [3.63, 3.8) is 0 Å². The first-order valence-corrected chi connectivity index (χ1v) is 12.4. The van der Waals surface area contributed by atoms with E-state index in [-0.39, 0.29) is 24.8 Å². The van der Waals surface area contributed by atoms with E-state index in [1.807, 2.05) is 3.28 Å². The third-order valence-corrected chi connectivity index (χ3v) is 12.9. The van der Waals surface area contributed by atoms with Crippen LogP contribution in [-0.2, 0) is 23.2 Å². The average Bonchev–Trinajstić information content (AvgIpc) is 3.08. The molecule has 1 unspecified atom stereocenters. The van der Waals surface area contributed by atoms with E-state index in [0.717, 1.165) is 5.92 Å². The zero-order valence-electron chi connectivity index (χ0n) is 17.3. The maximum atomic E-state index is 2.73. The molecule has 0 aromatic carbocycles. The smallest absolute Gasteiger partial charge is 1.00 e. The van der Waals surface area contributed by atoms with E-state index in [4.69, 9.17) is 0 Å². The molecule has 3 rings (SSSR count). The Morgan fingerprint density at radius 3 is 2.12 bits per heavy atom. The van der Waals surface area contributed by atoms with Crippen molar-refractivity contribution in [1.29, 1.82) is 0 Å². The van der Waals surface area contributed by atoms with E-state index in [1.165, 1.54) is 38.5 Å². The van der Waals surface area contributed by atoms with Crippen LogP contribution in [0.25, 0.3) is 0 Å². The molecule has 0 saturated heterocycles. The fraction of sp³-hybridized carbons (Fsp3) is 0.652. The van der Waals surface area contributed by atoms with Crippen molar-refractivity contribution in [2.24, 2.45) is 11.3 Å². The minimum Gasteiger partial charge on any atom is -1.00 e. The molecular weight excluding hydrogens is 438 g/mol. The number of halogens is 2. The summed E-state index contributed by atoms with van der Waals surface area (Å²) in [5.74, 6) is 0.857. The van der Waals surface area contributed by atoms with Gasteiger partial charge in [-0.05, 0) is 0 Å². The predicted molar refractivity (Wildman–Crippen MR) is 102 cm³/mol. The zero-order valence-corrected chi connectivity index (χ0v) is 21.3. The standard InChI is InChI=1S/C13H19.C10H15.2ClH.Zr/c1-2-11-8-9-13(10-11)12-6-4-3-5-7-12;1-7-6-10(4,5)9(3)8(7)2;;;/h8-10,12H,2-7H2,1H3;1-5H3;2*1H;/q;;;;+2/p-2. The molecule has 0 amide bonds. The first-order chi connectivity index (χ1) is 11.3. The minimum atomic E-state index is -0.697. The van der Waals surface area contributed by atoms with Crippen LogP contribution in [0.2, 0.25) is 3.12 Å². The van der Waals surface area contributed by atoms with Crippen LogP contribution in [-0.4, -0.2) is 0 Å². The van der Waals surface area contributed by atoms with Crippen molar-refractivity contribution >= 4 is 0 Å². The SMILES string of the molecule is CC[C]1([Zr+2][C]2=C(C)C(C)=C(C)C2(C)C)C=CC(C2CCCCC2)=C1.[Cl-].[Cl-]. The van der Waals surface area contributed by atoms with Crippen LogP contribution >= 0.6 is 0 Å². The number of hydrogen-bond donors (Lipinski definition) is 0. The van der Waals surface area contributed by atoms with Gasteiger partial charge in [0.25, 0.3) is 0 Å². The van der Waals surface area contributed by atoms with Gasteiger partial charge >= 0.3 is 162 Å². The summed E-state index contributed by atoms with van der Waals surface area (Å²) in [5.41, 5.74) is 6.80. The molecule has 3 aliphatic carbocycles. The maximum absolute atomic E-state index is 2.73. The molecule has 3 aliphatic rings. The third kappa shape index (κ3) is 4.36. The Bertz CT molecular complexity index is 645. The molecule has 3 heteroatoms. The van der Waals surface area contributed by atoms with Gasteiger partial charge in [0.15, 0.2) is 0 Å². The van der Waals surface area contributed by atoms with Crippen molar-refractivity contribution in [1.82, 2.24) is 0 Å².